The van der Waals surface area contributed by atoms with E-state index in [0.717, 1.165) is 0 Å². The second-order valence-electron chi connectivity index (χ2n) is 5.21. The number of rotatable bonds is 3. The van der Waals surface area contributed by atoms with E-state index in [4.69, 9.17) is 11.6 Å². The van der Waals surface area contributed by atoms with E-state index >= 15 is 0 Å². The summed E-state index contributed by atoms with van der Waals surface area (Å²) in [6, 6.07) is 3.80. The van der Waals surface area contributed by atoms with E-state index in [1.54, 1.807) is 26.8 Å². The van der Waals surface area contributed by atoms with Gasteiger partial charge in [0.2, 0.25) is 5.91 Å². The molecule has 1 aromatic carbocycles. The molecule has 1 aromatic rings. The molecule has 7 heteroatoms. The van der Waals surface area contributed by atoms with Crippen molar-refractivity contribution < 1.29 is 14.0 Å². The predicted octanol–water partition coefficient (Wildman–Crippen LogP) is 2.52. The van der Waals surface area contributed by atoms with Gasteiger partial charge in [-0.2, -0.15) is 0 Å². The maximum Gasteiger partial charge on any atom is 0.321 e. The highest BCUT2D eigenvalue weighted by Gasteiger charge is 2.15. The Kier molecular flexibility index (Phi) is 5.33. The third-order valence-corrected chi connectivity index (χ3v) is 2.42. The first-order valence-electron chi connectivity index (χ1n) is 5.99. The lowest BCUT2D eigenvalue weighted by atomic mass is 10.1. The average molecular weight is 302 g/mol. The summed E-state index contributed by atoms with van der Waals surface area (Å²) in [6.07, 6.45) is 0. The fourth-order valence-corrected chi connectivity index (χ4v) is 1.53. The van der Waals surface area contributed by atoms with Crippen LogP contribution in [0.1, 0.15) is 20.8 Å². The summed E-state index contributed by atoms with van der Waals surface area (Å²) in [5.74, 6) is -1.22. The molecule has 0 bridgehead atoms. The largest absolute Gasteiger partial charge is 0.374 e. The second kappa shape index (κ2) is 6.56. The lowest BCUT2D eigenvalue weighted by Crippen LogP contribution is -2.49. The average Bonchev–Trinajstić information content (AvgIpc) is 2.28. The van der Waals surface area contributed by atoms with Crippen LogP contribution in [0.2, 0.25) is 5.02 Å². The number of anilines is 1. The Morgan fingerprint density at radius 2 is 1.95 bits per heavy atom. The van der Waals surface area contributed by atoms with Crippen molar-refractivity contribution in [2.24, 2.45) is 0 Å². The zero-order chi connectivity index (χ0) is 15.3. The van der Waals surface area contributed by atoms with Crippen LogP contribution in [0.4, 0.5) is 14.9 Å². The monoisotopic (exact) mass is 301 g/mol. The number of urea groups is 1. The normalized spacial score (nSPS) is 10.8. The van der Waals surface area contributed by atoms with Crippen LogP contribution in [-0.2, 0) is 4.79 Å². The summed E-state index contributed by atoms with van der Waals surface area (Å²) in [5.41, 5.74) is -0.347. The van der Waals surface area contributed by atoms with Gasteiger partial charge in [-0.1, -0.05) is 17.7 Å². The molecular weight excluding hydrogens is 285 g/mol. The third kappa shape index (κ3) is 5.44. The van der Waals surface area contributed by atoms with E-state index in [1.807, 2.05) is 0 Å². The standard InChI is InChI=1S/C13H17ClFN3O2/c1-13(2,3)18-12(20)17-10(19)7-16-9-6-4-5-8(14)11(9)15/h4-6,16H,7H2,1-3H3,(H2,17,18,19,20). The summed E-state index contributed by atoms with van der Waals surface area (Å²) in [4.78, 5) is 23.0. The molecule has 110 valence electrons. The van der Waals surface area contributed by atoms with Crippen molar-refractivity contribution >= 4 is 29.2 Å². The highest BCUT2D eigenvalue weighted by molar-refractivity contribution is 6.31. The first-order valence-corrected chi connectivity index (χ1v) is 6.37. The second-order valence-corrected chi connectivity index (χ2v) is 5.61. The molecule has 0 aliphatic heterocycles. The molecule has 5 nitrogen and oxygen atoms in total. The molecule has 0 aliphatic carbocycles. The van der Waals surface area contributed by atoms with Crippen molar-refractivity contribution in [2.75, 3.05) is 11.9 Å². The lowest BCUT2D eigenvalue weighted by molar-refractivity contribution is -0.118. The van der Waals surface area contributed by atoms with E-state index in [9.17, 15) is 14.0 Å². The number of nitrogens with one attached hydrogen (secondary N) is 3. The van der Waals surface area contributed by atoms with Gasteiger partial charge in [0.15, 0.2) is 5.82 Å². The Morgan fingerprint density at radius 1 is 1.30 bits per heavy atom. The van der Waals surface area contributed by atoms with Crippen molar-refractivity contribution in [2.45, 2.75) is 26.3 Å². The SMILES string of the molecule is CC(C)(C)NC(=O)NC(=O)CNc1cccc(Cl)c1F. The molecule has 20 heavy (non-hydrogen) atoms. The van der Waals surface area contributed by atoms with E-state index < -0.39 is 23.3 Å². The van der Waals surface area contributed by atoms with Gasteiger partial charge in [-0.05, 0) is 32.9 Å². The number of imide groups is 1. The Balaban J connectivity index is 2.48. The summed E-state index contributed by atoms with van der Waals surface area (Å²) in [7, 11) is 0. The molecule has 3 N–H and O–H groups in total. The zero-order valence-electron chi connectivity index (χ0n) is 11.5. The molecule has 0 saturated heterocycles. The predicted molar refractivity (Wildman–Crippen MR) is 76.3 cm³/mol. The molecule has 0 heterocycles. The smallest absolute Gasteiger partial charge is 0.321 e. The van der Waals surface area contributed by atoms with Gasteiger partial charge in [0.1, 0.15) is 0 Å². The molecule has 0 atom stereocenters. The quantitative estimate of drug-likeness (QED) is 0.803. The van der Waals surface area contributed by atoms with Gasteiger partial charge in [0, 0.05) is 5.54 Å². The van der Waals surface area contributed by atoms with Crippen LogP contribution in [0.15, 0.2) is 18.2 Å². The van der Waals surface area contributed by atoms with E-state index in [1.165, 1.54) is 12.1 Å². The molecule has 0 radical (unpaired) electrons. The van der Waals surface area contributed by atoms with Crippen molar-refractivity contribution in [3.63, 3.8) is 0 Å². The molecule has 3 amide bonds. The number of benzene rings is 1. The Bertz CT molecular complexity index is 515. The Morgan fingerprint density at radius 3 is 2.55 bits per heavy atom. The summed E-state index contributed by atoms with van der Waals surface area (Å²) in [5, 5.41) is 7.24. The number of hydrogen-bond acceptors (Lipinski definition) is 3. The third-order valence-electron chi connectivity index (χ3n) is 2.13. The maximum absolute atomic E-state index is 13.5. The number of halogens is 2. The maximum atomic E-state index is 13.5. The lowest BCUT2D eigenvalue weighted by Gasteiger charge is -2.20. The van der Waals surface area contributed by atoms with Gasteiger partial charge in [-0.25, -0.2) is 9.18 Å². The van der Waals surface area contributed by atoms with Gasteiger partial charge in [0.25, 0.3) is 0 Å². The fraction of sp³-hybridized carbons (Fsp3) is 0.385. The zero-order valence-corrected chi connectivity index (χ0v) is 12.3. The number of carbonyl (C=O) groups excluding carboxylic acids is 2. The van der Waals surface area contributed by atoms with Crippen molar-refractivity contribution in [3.05, 3.63) is 29.0 Å². The van der Waals surface area contributed by atoms with E-state index in [2.05, 4.69) is 16.0 Å². The highest BCUT2D eigenvalue weighted by atomic mass is 35.5. The van der Waals surface area contributed by atoms with Crippen LogP contribution in [0, 0.1) is 5.82 Å². The molecule has 0 aliphatic rings. The minimum absolute atomic E-state index is 0.0408. The van der Waals surface area contributed by atoms with Crippen molar-refractivity contribution in [3.8, 4) is 0 Å². The topological polar surface area (TPSA) is 70.2 Å². The summed E-state index contributed by atoms with van der Waals surface area (Å²) >= 11 is 5.61. The fourth-order valence-electron chi connectivity index (χ4n) is 1.36. The van der Waals surface area contributed by atoms with Crippen LogP contribution in [0.5, 0.6) is 0 Å². The highest BCUT2D eigenvalue weighted by Crippen LogP contribution is 2.21. The molecular formula is C13H17ClFN3O2. The minimum atomic E-state index is -0.638. The van der Waals surface area contributed by atoms with Crippen LogP contribution in [-0.4, -0.2) is 24.0 Å². The van der Waals surface area contributed by atoms with Gasteiger partial charge in [-0.15, -0.1) is 0 Å². The van der Waals surface area contributed by atoms with Crippen LogP contribution in [0.25, 0.3) is 0 Å². The van der Waals surface area contributed by atoms with Gasteiger partial charge < -0.3 is 10.6 Å². The molecule has 0 saturated carbocycles. The molecule has 0 aromatic heterocycles. The molecule has 0 spiro atoms. The molecule has 0 unspecified atom stereocenters. The molecule has 1 rings (SSSR count). The number of amides is 3. The Hall–Kier alpha value is -1.82. The number of hydrogen-bond donors (Lipinski definition) is 3. The van der Waals surface area contributed by atoms with Gasteiger partial charge in [-0.3, -0.25) is 10.1 Å². The van der Waals surface area contributed by atoms with Gasteiger partial charge in [0.05, 0.1) is 17.3 Å². The van der Waals surface area contributed by atoms with Crippen LogP contribution < -0.4 is 16.0 Å². The Labute approximate surface area is 121 Å². The van der Waals surface area contributed by atoms with Gasteiger partial charge >= 0.3 is 6.03 Å². The van der Waals surface area contributed by atoms with E-state index in [-0.39, 0.29) is 17.3 Å². The number of carbonyl (C=O) groups is 2. The summed E-state index contributed by atoms with van der Waals surface area (Å²) < 4.78 is 13.5. The first kappa shape index (κ1) is 16.2. The summed E-state index contributed by atoms with van der Waals surface area (Å²) in [6.45, 7) is 5.12. The molecule has 0 fully saturated rings. The van der Waals surface area contributed by atoms with E-state index in [0.29, 0.717) is 0 Å². The van der Waals surface area contributed by atoms with Crippen molar-refractivity contribution in [1.29, 1.82) is 0 Å². The van der Waals surface area contributed by atoms with Crippen LogP contribution >= 0.6 is 11.6 Å². The van der Waals surface area contributed by atoms with Crippen LogP contribution in [0.3, 0.4) is 0 Å². The minimum Gasteiger partial charge on any atom is -0.374 e. The first-order chi connectivity index (χ1) is 9.19. The van der Waals surface area contributed by atoms with Crippen molar-refractivity contribution in [1.82, 2.24) is 10.6 Å².